The van der Waals surface area contributed by atoms with Gasteiger partial charge >= 0.3 is 0 Å². The molecule has 1 aliphatic heterocycles. The maximum Gasteiger partial charge on any atom is 0.252 e. The van der Waals surface area contributed by atoms with E-state index in [2.05, 4.69) is 10.3 Å². The highest BCUT2D eigenvalue weighted by atomic mass is 32.2. The van der Waals surface area contributed by atoms with Crippen LogP contribution in [0.5, 0.6) is 0 Å². The Bertz CT molecular complexity index is 1010. The fraction of sp³-hybridized carbons (Fsp3) is 0.474. The molecule has 9 heteroatoms. The number of ether oxygens (including phenoxy) is 1. The van der Waals surface area contributed by atoms with Crippen LogP contribution in [0.25, 0.3) is 10.9 Å². The summed E-state index contributed by atoms with van der Waals surface area (Å²) in [6.45, 7) is 1.61. The monoisotopic (exact) mass is 407 g/mol. The van der Waals surface area contributed by atoms with Gasteiger partial charge in [0.1, 0.15) is 0 Å². The third-order valence-corrected chi connectivity index (χ3v) is 6.75. The highest BCUT2D eigenvalue weighted by Crippen LogP contribution is 2.24. The normalized spacial score (nSPS) is 16.0. The second-order valence-electron chi connectivity index (χ2n) is 6.82. The van der Waals surface area contributed by atoms with Crippen LogP contribution in [-0.2, 0) is 14.8 Å². The molecule has 1 aromatic heterocycles. The molecule has 2 heterocycles. The highest BCUT2D eigenvalue weighted by molar-refractivity contribution is 7.89. The molecule has 3 rings (SSSR count). The number of rotatable bonds is 6. The minimum Gasteiger partial charge on any atom is -0.383 e. The topological polar surface area (TPSA) is 109 Å². The van der Waals surface area contributed by atoms with Crippen molar-refractivity contribution in [1.29, 1.82) is 0 Å². The van der Waals surface area contributed by atoms with Crippen LogP contribution in [0.4, 0.5) is 0 Å². The Morgan fingerprint density at radius 3 is 2.57 bits per heavy atom. The van der Waals surface area contributed by atoms with Crippen molar-refractivity contribution in [3.63, 3.8) is 0 Å². The van der Waals surface area contributed by atoms with Gasteiger partial charge in [-0.05, 0) is 31.0 Å². The summed E-state index contributed by atoms with van der Waals surface area (Å²) >= 11 is 0. The van der Waals surface area contributed by atoms with E-state index in [1.807, 2.05) is 0 Å². The SMILES string of the molecule is COCCNC(=O)c1cc(=O)[nH]c2ccc(S(=O)(=O)N3CCCCCC3)cc12. The van der Waals surface area contributed by atoms with Crippen molar-refractivity contribution in [2.24, 2.45) is 0 Å². The average Bonchev–Trinajstić information content (AvgIpc) is 2.97. The molecule has 1 aliphatic rings. The average molecular weight is 407 g/mol. The summed E-state index contributed by atoms with van der Waals surface area (Å²) in [6, 6.07) is 5.67. The van der Waals surface area contributed by atoms with E-state index in [4.69, 9.17) is 4.74 Å². The van der Waals surface area contributed by atoms with Gasteiger partial charge in [-0.2, -0.15) is 4.31 Å². The molecule has 1 saturated heterocycles. The number of methoxy groups -OCH3 is 1. The van der Waals surface area contributed by atoms with Gasteiger partial charge in [-0.25, -0.2) is 8.42 Å². The number of pyridine rings is 1. The summed E-state index contributed by atoms with van der Waals surface area (Å²) in [5.74, 6) is -0.447. The lowest BCUT2D eigenvalue weighted by atomic mass is 10.1. The van der Waals surface area contributed by atoms with Gasteiger partial charge in [0.25, 0.3) is 5.91 Å². The number of amides is 1. The zero-order chi connectivity index (χ0) is 20.1. The van der Waals surface area contributed by atoms with Crippen LogP contribution < -0.4 is 10.9 Å². The summed E-state index contributed by atoms with van der Waals surface area (Å²) in [4.78, 5) is 27.2. The van der Waals surface area contributed by atoms with E-state index >= 15 is 0 Å². The number of H-pyrrole nitrogens is 1. The van der Waals surface area contributed by atoms with Crippen LogP contribution in [0.3, 0.4) is 0 Å². The summed E-state index contributed by atoms with van der Waals surface area (Å²) < 4.78 is 32.6. The Morgan fingerprint density at radius 1 is 1.18 bits per heavy atom. The second kappa shape index (κ2) is 8.85. The first kappa shape index (κ1) is 20.5. The molecular formula is C19H25N3O5S. The molecule has 0 bridgehead atoms. The van der Waals surface area contributed by atoms with Crippen LogP contribution >= 0.6 is 0 Å². The molecule has 0 spiro atoms. The number of sulfonamides is 1. The van der Waals surface area contributed by atoms with Crippen molar-refractivity contribution >= 4 is 26.8 Å². The molecule has 1 amide bonds. The van der Waals surface area contributed by atoms with Crippen molar-refractivity contribution in [2.45, 2.75) is 30.6 Å². The van der Waals surface area contributed by atoms with Crippen molar-refractivity contribution in [3.05, 3.63) is 40.2 Å². The number of nitrogens with one attached hydrogen (secondary N) is 2. The fourth-order valence-corrected chi connectivity index (χ4v) is 4.92. The molecule has 28 heavy (non-hydrogen) atoms. The molecule has 1 aromatic carbocycles. The number of aromatic amines is 1. The van der Waals surface area contributed by atoms with E-state index in [9.17, 15) is 18.0 Å². The summed E-state index contributed by atoms with van der Waals surface area (Å²) in [7, 11) is -2.14. The van der Waals surface area contributed by atoms with Gasteiger partial charge in [0.2, 0.25) is 15.6 Å². The van der Waals surface area contributed by atoms with Gasteiger partial charge in [0.15, 0.2) is 0 Å². The summed E-state index contributed by atoms with van der Waals surface area (Å²) in [5, 5.41) is 3.07. The first-order valence-electron chi connectivity index (χ1n) is 9.38. The molecule has 0 aliphatic carbocycles. The largest absolute Gasteiger partial charge is 0.383 e. The Hall–Kier alpha value is -2.23. The Labute approximate surface area is 163 Å². The fourth-order valence-electron chi connectivity index (χ4n) is 3.37. The predicted octanol–water partition coefficient (Wildman–Crippen LogP) is 1.47. The van der Waals surface area contributed by atoms with E-state index in [-0.39, 0.29) is 17.0 Å². The van der Waals surface area contributed by atoms with E-state index in [1.165, 1.54) is 35.7 Å². The zero-order valence-electron chi connectivity index (χ0n) is 15.9. The van der Waals surface area contributed by atoms with Gasteiger partial charge in [-0.1, -0.05) is 12.8 Å². The van der Waals surface area contributed by atoms with Crippen molar-refractivity contribution < 1.29 is 17.9 Å². The van der Waals surface area contributed by atoms with Gasteiger partial charge in [-0.15, -0.1) is 0 Å². The Morgan fingerprint density at radius 2 is 1.89 bits per heavy atom. The van der Waals surface area contributed by atoms with Crippen LogP contribution in [0, 0.1) is 0 Å². The minimum absolute atomic E-state index is 0.125. The van der Waals surface area contributed by atoms with Crippen molar-refractivity contribution in [2.75, 3.05) is 33.4 Å². The van der Waals surface area contributed by atoms with E-state index in [0.717, 1.165) is 25.7 Å². The van der Waals surface area contributed by atoms with Gasteiger partial charge < -0.3 is 15.0 Å². The lowest BCUT2D eigenvalue weighted by Crippen LogP contribution is -2.32. The highest BCUT2D eigenvalue weighted by Gasteiger charge is 2.26. The first-order chi connectivity index (χ1) is 13.4. The first-order valence-corrected chi connectivity index (χ1v) is 10.8. The molecule has 2 aromatic rings. The number of hydrogen-bond acceptors (Lipinski definition) is 5. The smallest absolute Gasteiger partial charge is 0.252 e. The Balaban J connectivity index is 2.02. The molecule has 0 atom stereocenters. The van der Waals surface area contributed by atoms with Gasteiger partial charge in [0, 0.05) is 43.7 Å². The molecule has 2 N–H and O–H groups in total. The third-order valence-electron chi connectivity index (χ3n) is 4.85. The summed E-state index contributed by atoms with van der Waals surface area (Å²) in [5.41, 5.74) is 0.134. The Kier molecular flexibility index (Phi) is 6.48. The number of aromatic nitrogens is 1. The maximum atomic E-state index is 13.1. The number of nitrogens with zero attached hydrogens (tertiary/aromatic N) is 1. The standard InChI is InChI=1S/C19H25N3O5S/c1-27-11-8-20-19(24)16-13-18(23)21-17-7-6-14(12-15(16)17)28(25,26)22-9-4-2-3-5-10-22/h6-7,12-13H,2-5,8-11H2,1H3,(H,20,24)(H,21,23). The van der Waals surface area contributed by atoms with E-state index < -0.39 is 21.5 Å². The molecule has 8 nitrogen and oxygen atoms in total. The number of hydrogen-bond donors (Lipinski definition) is 2. The summed E-state index contributed by atoms with van der Waals surface area (Å²) in [6.07, 6.45) is 3.73. The van der Waals surface area contributed by atoms with Crippen LogP contribution in [0.15, 0.2) is 34.0 Å². The molecule has 0 radical (unpaired) electrons. The quantitative estimate of drug-likeness (QED) is 0.705. The number of carbonyl (C=O) groups excluding carboxylic acids is 1. The zero-order valence-corrected chi connectivity index (χ0v) is 16.7. The lowest BCUT2D eigenvalue weighted by Gasteiger charge is -2.20. The maximum absolute atomic E-state index is 13.1. The van der Waals surface area contributed by atoms with E-state index in [1.54, 1.807) is 0 Å². The minimum atomic E-state index is -3.66. The predicted molar refractivity (Wildman–Crippen MR) is 106 cm³/mol. The van der Waals surface area contributed by atoms with E-state index in [0.29, 0.717) is 30.6 Å². The van der Waals surface area contributed by atoms with Crippen LogP contribution in [0.1, 0.15) is 36.0 Å². The molecule has 0 saturated carbocycles. The van der Waals surface area contributed by atoms with Gasteiger partial charge in [0.05, 0.1) is 17.1 Å². The molecular weight excluding hydrogens is 382 g/mol. The van der Waals surface area contributed by atoms with Crippen molar-refractivity contribution in [1.82, 2.24) is 14.6 Å². The van der Waals surface area contributed by atoms with Gasteiger partial charge in [-0.3, -0.25) is 9.59 Å². The number of carbonyl (C=O) groups is 1. The third kappa shape index (κ3) is 4.43. The van der Waals surface area contributed by atoms with Crippen LogP contribution in [0.2, 0.25) is 0 Å². The lowest BCUT2D eigenvalue weighted by molar-refractivity contribution is 0.0938. The molecule has 1 fully saturated rings. The second-order valence-corrected chi connectivity index (χ2v) is 8.76. The molecule has 0 unspecified atom stereocenters. The van der Waals surface area contributed by atoms with Crippen molar-refractivity contribution in [3.8, 4) is 0 Å². The number of benzene rings is 1. The number of fused-ring (bicyclic) bond motifs is 1. The van der Waals surface area contributed by atoms with Crippen LogP contribution in [-0.4, -0.2) is 57.0 Å². The molecule has 152 valence electrons.